The molecule has 0 aromatic heterocycles. The minimum Gasteiger partial charge on any atom is -0.508 e. The van der Waals surface area contributed by atoms with E-state index in [2.05, 4.69) is 6.92 Å². The third-order valence-corrected chi connectivity index (χ3v) is 4.02. The Morgan fingerprint density at radius 2 is 1.72 bits per heavy atom. The molecule has 0 bridgehead atoms. The average Bonchev–Trinajstić information content (AvgIpc) is 2.39. The minimum absolute atomic E-state index is 0.188. The van der Waals surface area contributed by atoms with Crippen LogP contribution in [0, 0.1) is 5.41 Å². The number of anilines is 1. The normalized spacial score (nSPS) is 18.3. The van der Waals surface area contributed by atoms with Crippen LogP contribution >= 0.6 is 0 Å². The van der Waals surface area contributed by atoms with E-state index in [-0.39, 0.29) is 17.1 Å². The molecule has 0 heterocycles. The zero-order valence-electron chi connectivity index (χ0n) is 11.1. The molecule has 1 aliphatic carbocycles. The Morgan fingerprint density at radius 3 is 2.28 bits per heavy atom. The predicted molar refractivity (Wildman–Crippen MR) is 72.7 cm³/mol. The summed E-state index contributed by atoms with van der Waals surface area (Å²) in [4.78, 5) is 14.3. The number of carbonyl (C=O) groups is 1. The first-order valence-corrected chi connectivity index (χ1v) is 6.60. The largest absolute Gasteiger partial charge is 0.508 e. The van der Waals surface area contributed by atoms with E-state index >= 15 is 0 Å². The number of phenolic OH excluding ortho intramolecular Hbond substituents is 1. The Balaban J connectivity index is 2.15. The second-order valence-electron chi connectivity index (χ2n) is 5.50. The van der Waals surface area contributed by atoms with Crippen LogP contribution in [-0.4, -0.2) is 18.1 Å². The molecule has 3 heteroatoms. The standard InChI is InChI=1S/C15H21NO2/c1-15(10-4-3-5-11-15)14(18)16(2)12-6-8-13(17)9-7-12/h6-9,17H,3-5,10-11H2,1-2H3. The van der Waals surface area contributed by atoms with Crippen LogP contribution in [0.5, 0.6) is 5.75 Å². The molecule has 1 fully saturated rings. The lowest BCUT2D eigenvalue weighted by Crippen LogP contribution is -2.41. The maximum absolute atomic E-state index is 12.6. The summed E-state index contributed by atoms with van der Waals surface area (Å²) in [7, 11) is 1.81. The van der Waals surface area contributed by atoms with Crippen molar-refractivity contribution in [2.45, 2.75) is 39.0 Å². The summed E-state index contributed by atoms with van der Waals surface area (Å²) >= 11 is 0. The van der Waals surface area contributed by atoms with E-state index in [4.69, 9.17) is 0 Å². The zero-order chi connectivity index (χ0) is 13.2. The van der Waals surface area contributed by atoms with Gasteiger partial charge in [-0.2, -0.15) is 0 Å². The number of nitrogens with zero attached hydrogens (tertiary/aromatic N) is 1. The number of amides is 1. The number of hydrogen-bond acceptors (Lipinski definition) is 2. The lowest BCUT2D eigenvalue weighted by molar-refractivity contribution is -0.128. The van der Waals surface area contributed by atoms with Crippen LogP contribution in [0.1, 0.15) is 39.0 Å². The highest BCUT2D eigenvalue weighted by Gasteiger charge is 2.36. The molecular weight excluding hydrogens is 226 g/mol. The second-order valence-corrected chi connectivity index (χ2v) is 5.50. The molecule has 1 amide bonds. The van der Waals surface area contributed by atoms with E-state index in [0.29, 0.717) is 0 Å². The van der Waals surface area contributed by atoms with Gasteiger partial charge in [0.05, 0.1) is 0 Å². The highest BCUT2D eigenvalue weighted by Crippen LogP contribution is 2.38. The summed E-state index contributed by atoms with van der Waals surface area (Å²) in [5, 5.41) is 9.27. The number of aromatic hydroxyl groups is 1. The Kier molecular flexibility index (Phi) is 3.60. The molecule has 0 aliphatic heterocycles. The molecule has 1 aromatic rings. The number of carbonyl (C=O) groups excluding carboxylic acids is 1. The molecule has 0 spiro atoms. The van der Waals surface area contributed by atoms with Crippen molar-refractivity contribution >= 4 is 11.6 Å². The van der Waals surface area contributed by atoms with Gasteiger partial charge in [0.1, 0.15) is 5.75 Å². The molecule has 1 aromatic carbocycles. The number of benzene rings is 1. The lowest BCUT2D eigenvalue weighted by Gasteiger charge is -2.35. The van der Waals surface area contributed by atoms with Crippen molar-refractivity contribution in [1.29, 1.82) is 0 Å². The highest BCUT2D eigenvalue weighted by molar-refractivity contribution is 5.97. The van der Waals surface area contributed by atoms with Gasteiger partial charge in [-0.15, -0.1) is 0 Å². The molecule has 0 saturated heterocycles. The first-order chi connectivity index (χ1) is 8.53. The Labute approximate surface area is 108 Å². The van der Waals surface area contributed by atoms with Crippen LogP contribution in [0.25, 0.3) is 0 Å². The fourth-order valence-electron chi connectivity index (χ4n) is 2.74. The molecule has 0 radical (unpaired) electrons. The monoisotopic (exact) mass is 247 g/mol. The van der Waals surface area contributed by atoms with E-state index in [0.717, 1.165) is 31.4 Å². The van der Waals surface area contributed by atoms with Gasteiger partial charge in [0.15, 0.2) is 0 Å². The smallest absolute Gasteiger partial charge is 0.232 e. The molecule has 1 aliphatic rings. The minimum atomic E-state index is -0.217. The van der Waals surface area contributed by atoms with Gasteiger partial charge in [-0.25, -0.2) is 0 Å². The summed E-state index contributed by atoms with van der Waals surface area (Å²) in [6, 6.07) is 6.78. The van der Waals surface area contributed by atoms with Crippen LogP contribution in [0.4, 0.5) is 5.69 Å². The fraction of sp³-hybridized carbons (Fsp3) is 0.533. The van der Waals surface area contributed by atoms with Crippen LogP contribution < -0.4 is 4.90 Å². The van der Waals surface area contributed by atoms with Crippen LogP contribution in [0.2, 0.25) is 0 Å². The molecule has 98 valence electrons. The molecule has 1 N–H and O–H groups in total. The number of phenols is 1. The third kappa shape index (κ3) is 2.50. The molecule has 18 heavy (non-hydrogen) atoms. The number of hydrogen-bond donors (Lipinski definition) is 1. The fourth-order valence-corrected chi connectivity index (χ4v) is 2.74. The van der Waals surface area contributed by atoms with Gasteiger partial charge < -0.3 is 10.0 Å². The summed E-state index contributed by atoms with van der Waals surface area (Å²) in [5.41, 5.74) is 0.620. The maximum atomic E-state index is 12.6. The van der Waals surface area contributed by atoms with Crippen molar-refractivity contribution in [3.8, 4) is 5.75 Å². The maximum Gasteiger partial charge on any atom is 0.232 e. The van der Waals surface area contributed by atoms with Crippen molar-refractivity contribution in [2.24, 2.45) is 5.41 Å². The van der Waals surface area contributed by atoms with E-state index in [1.807, 2.05) is 7.05 Å². The van der Waals surface area contributed by atoms with E-state index in [1.165, 1.54) is 6.42 Å². The first-order valence-electron chi connectivity index (χ1n) is 6.60. The topological polar surface area (TPSA) is 40.5 Å². The number of rotatable bonds is 2. The Hall–Kier alpha value is -1.51. The summed E-state index contributed by atoms with van der Waals surface area (Å²) in [6.45, 7) is 2.07. The lowest BCUT2D eigenvalue weighted by atomic mass is 9.74. The van der Waals surface area contributed by atoms with Gasteiger partial charge in [-0.05, 0) is 37.1 Å². The van der Waals surface area contributed by atoms with Gasteiger partial charge in [0.2, 0.25) is 5.91 Å². The molecule has 2 rings (SSSR count). The van der Waals surface area contributed by atoms with Crippen molar-refractivity contribution in [3.05, 3.63) is 24.3 Å². The van der Waals surface area contributed by atoms with Crippen molar-refractivity contribution in [3.63, 3.8) is 0 Å². The summed E-state index contributed by atoms with van der Waals surface area (Å²) in [5.74, 6) is 0.413. The first kappa shape index (κ1) is 12.9. The molecular formula is C15H21NO2. The SMILES string of the molecule is CN(C(=O)C1(C)CCCCC1)c1ccc(O)cc1. The van der Waals surface area contributed by atoms with E-state index in [1.54, 1.807) is 29.2 Å². The van der Waals surface area contributed by atoms with Gasteiger partial charge in [0.25, 0.3) is 0 Å². The Morgan fingerprint density at radius 1 is 1.17 bits per heavy atom. The molecule has 0 unspecified atom stereocenters. The molecule has 1 saturated carbocycles. The predicted octanol–water partition coefficient (Wildman–Crippen LogP) is 3.33. The van der Waals surface area contributed by atoms with E-state index in [9.17, 15) is 9.90 Å². The van der Waals surface area contributed by atoms with Gasteiger partial charge in [0, 0.05) is 18.2 Å². The van der Waals surface area contributed by atoms with Gasteiger partial charge >= 0.3 is 0 Å². The van der Waals surface area contributed by atoms with Crippen LogP contribution in [-0.2, 0) is 4.79 Å². The Bertz CT molecular complexity index is 419. The van der Waals surface area contributed by atoms with Gasteiger partial charge in [-0.1, -0.05) is 26.2 Å². The summed E-state index contributed by atoms with van der Waals surface area (Å²) < 4.78 is 0. The van der Waals surface area contributed by atoms with Crippen LogP contribution in [0.3, 0.4) is 0 Å². The summed E-state index contributed by atoms with van der Waals surface area (Å²) in [6.07, 6.45) is 5.49. The van der Waals surface area contributed by atoms with Gasteiger partial charge in [-0.3, -0.25) is 4.79 Å². The second kappa shape index (κ2) is 5.01. The van der Waals surface area contributed by atoms with Crippen molar-refractivity contribution in [2.75, 3.05) is 11.9 Å². The zero-order valence-corrected chi connectivity index (χ0v) is 11.1. The third-order valence-electron chi connectivity index (χ3n) is 4.02. The quantitative estimate of drug-likeness (QED) is 0.870. The van der Waals surface area contributed by atoms with Crippen molar-refractivity contribution < 1.29 is 9.90 Å². The van der Waals surface area contributed by atoms with E-state index < -0.39 is 0 Å². The van der Waals surface area contributed by atoms with Crippen molar-refractivity contribution in [1.82, 2.24) is 0 Å². The molecule has 3 nitrogen and oxygen atoms in total. The molecule has 0 atom stereocenters. The highest BCUT2D eigenvalue weighted by atomic mass is 16.3. The average molecular weight is 247 g/mol. The van der Waals surface area contributed by atoms with Crippen LogP contribution in [0.15, 0.2) is 24.3 Å².